The molecular formula is C26H34O3. The van der Waals surface area contributed by atoms with E-state index in [9.17, 15) is 9.90 Å². The van der Waals surface area contributed by atoms with Gasteiger partial charge in [-0.25, -0.2) is 0 Å². The van der Waals surface area contributed by atoms with E-state index in [4.69, 9.17) is 10.8 Å². The fourth-order valence-corrected chi connectivity index (χ4v) is 8.13. The molecule has 1 aromatic rings. The minimum absolute atomic E-state index is 0.110. The lowest BCUT2D eigenvalue weighted by Crippen LogP contribution is -2.56. The molecule has 3 fully saturated rings. The highest BCUT2D eigenvalue weighted by Gasteiger charge is 2.64. The minimum atomic E-state index is -0.930. The number of terminal acetylenes is 1. The average Bonchev–Trinajstić information content (AvgIpc) is 3.23. The summed E-state index contributed by atoms with van der Waals surface area (Å²) in [5, 5.41) is 11.2. The van der Waals surface area contributed by atoms with Crippen molar-refractivity contribution in [2.45, 2.75) is 84.2 Å². The third-order valence-electron chi connectivity index (χ3n) is 9.95. The second-order valence-electron chi connectivity index (χ2n) is 10.9. The van der Waals surface area contributed by atoms with E-state index >= 15 is 0 Å². The molecule has 7 atom stereocenters. The molecule has 5 rings (SSSR count). The lowest BCUT2D eigenvalue weighted by molar-refractivity contribution is -0.128. The van der Waals surface area contributed by atoms with E-state index in [0.29, 0.717) is 35.9 Å². The maximum atomic E-state index is 12.2. The summed E-state index contributed by atoms with van der Waals surface area (Å²) in [6.07, 6.45) is 14.8. The Bertz CT molecular complexity index is 890. The van der Waals surface area contributed by atoms with Crippen molar-refractivity contribution in [2.75, 3.05) is 0 Å². The number of furan rings is 1. The van der Waals surface area contributed by atoms with Crippen molar-refractivity contribution in [3.63, 3.8) is 0 Å². The molecule has 3 nitrogen and oxygen atoms in total. The zero-order valence-corrected chi connectivity index (χ0v) is 18.1. The predicted octanol–water partition coefficient (Wildman–Crippen LogP) is 5.19. The third-order valence-corrected chi connectivity index (χ3v) is 9.95. The van der Waals surface area contributed by atoms with Crippen molar-refractivity contribution in [2.24, 2.45) is 34.5 Å². The molecule has 0 amide bonds. The fourth-order valence-electron chi connectivity index (χ4n) is 8.13. The van der Waals surface area contributed by atoms with Gasteiger partial charge >= 0.3 is 0 Å². The molecule has 1 N–H and O–H groups in total. The Morgan fingerprint density at radius 1 is 1.24 bits per heavy atom. The third kappa shape index (κ3) is 2.45. The number of carbonyl (C=O) groups excluding carboxylic acids is 1. The molecule has 3 unspecified atom stereocenters. The largest absolute Gasteiger partial charge is 0.458 e. The summed E-state index contributed by atoms with van der Waals surface area (Å²) >= 11 is 0. The number of hydrogen-bond acceptors (Lipinski definition) is 3. The van der Waals surface area contributed by atoms with Crippen LogP contribution in [0.2, 0.25) is 0 Å². The molecule has 3 heteroatoms. The molecule has 1 aromatic heterocycles. The number of aliphatic hydroxyl groups is 1. The normalized spacial score (nSPS) is 45.5. The van der Waals surface area contributed by atoms with Crippen LogP contribution in [0.4, 0.5) is 0 Å². The van der Waals surface area contributed by atoms with Gasteiger partial charge in [0.05, 0.1) is 0 Å². The molecule has 0 aliphatic heterocycles. The Morgan fingerprint density at radius 2 is 2.00 bits per heavy atom. The maximum Gasteiger partial charge on any atom is 0.197 e. The molecule has 0 spiro atoms. The Kier molecular flexibility index (Phi) is 4.18. The molecule has 0 saturated heterocycles. The van der Waals surface area contributed by atoms with Crippen molar-refractivity contribution in [3.05, 3.63) is 23.2 Å². The topological polar surface area (TPSA) is 50.4 Å². The molecule has 4 aliphatic rings. The lowest BCUT2D eigenvalue weighted by Gasteiger charge is -2.60. The van der Waals surface area contributed by atoms with Gasteiger partial charge in [-0.05, 0) is 85.7 Å². The first kappa shape index (κ1) is 19.4. The van der Waals surface area contributed by atoms with E-state index in [-0.39, 0.29) is 16.6 Å². The molecule has 29 heavy (non-hydrogen) atoms. The molecule has 0 bridgehead atoms. The highest BCUT2D eigenvalue weighted by Crippen LogP contribution is 2.67. The quantitative estimate of drug-likeness (QED) is 0.554. The van der Waals surface area contributed by atoms with Gasteiger partial charge in [0.1, 0.15) is 11.4 Å². The van der Waals surface area contributed by atoms with E-state index in [0.717, 1.165) is 44.3 Å². The second-order valence-corrected chi connectivity index (χ2v) is 10.9. The summed E-state index contributed by atoms with van der Waals surface area (Å²) in [7, 11) is 0. The van der Waals surface area contributed by atoms with E-state index in [1.54, 1.807) is 0 Å². The fraction of sp³-hybridized carbons (Fsp3) is 0.731. The Balaban J connectivity index is 1.47. The van der Waals surface area contributed by atoms with Crippen LogP contribution in [0.15, 0.2) is 10.5 Å². The summed E-state index contributed by atoms with van der Waals surface area (Å²) in [5.41, 5.74) is 0.452. The zero-order valence-electron chi connectivity index (χ0n) is 18.1. The monoisotopic (exact) mass is 394 g/mol. The van der Waals surface area contributed by atoms with Crippen molar-refractivity contribution < 1.29 is 14.3 Å². The molecule has 0 aromatic carbocycles. The van der Waals surface area contributed by atoms with Crippen molar-refractivity contribution >= 4 is 5.78 Å². The number of ketones is 1. The molecular weight excluding hydrogens is 360 g/mol. The highest BCUT2D eigenvalue weighted by molar-refractivity contribution is 5.93. The number of rotatable bonds is 2. The first-order valence-electron chi connectivity index (χ1n) is 11.6. The van der Waals surface area contributed by atoms with Gasteiger partial charge in [0, 0.05) is 18.3 Å². The van der Waals surface area contributed by atoms with Crippen molar-refractivity contribution in [3.8, 4) is 12.3 Å². The summed E-state index contributed by atoms with van der Waals surface area (Å²) in [6, 6.07) is 2.03. The van der Waals surface area contributed by atoms with Crippen LogP contribution in [0, 0.1) is 46.8 Å². The summed E-state index contributed by atoms with van der Waals surface area (Å²) in [6.45, 7) is 6.65. The van der Waals surface area contributed by atoms with E-state index in [1.807, 2.05) is 13.0 Å². The Labute approximate surface area is 174 Å². The van der Waals surface area contributed by atoms with Crippen LogP contribution in [0.25, 0.3) is 0 Å². The van der Waals surface area contributed by atoms with Crippen LogP contribution in [0.5, 0.6) is 0 Å². The van der Waals surface area contributed by atoms with Gasteiger partial charge in [0.15, 0.2) is 11.5 Å². The highest BCUT2D eigenvalue weighted by atomic mass is 16.3. The molecule has 1 heterocycles. The van der Waals surface area contributed by atoms with Crippen LogP contribution in [-0.2, 0) is 12.8 Å². The van der Waals surface area contributed by atoms with Gasteiger partial charge in [-0.3, -0.25) is 4.79 Å². The van der Waals surface area contributed by atoms with E-state index in [2.05, 4.69) is 19.8 Å². The van der Waals surface area contributed by atoms with E-state index in [1.165, 1.54) is 18.4 Å². The van der Waals surface area contributed by atoms with Gasteiger partial charge in [-0.2, -0.15) is 0 Å². The van der Waals surface area contributed by atoms with Crippen LogP contribution >= 0.6 is 0 Å². The predicted molar refractivity (Wildman–Crippen MR) is 112 cm³/mol. The zero-order chi connectivity index (χ0) is 20.6. The number of fused-ring (bicyclic) bond motifs is 6. The Hall–Kier alpha value is -1.53. The summed E-state index contributed by atoms with van der Waals surface area (Å²) in [4.78, 5) is 12.2. The van der Waals surface area contributed by atoms with Crippen LogP contribution < -0.4 is 0 Å². The average molecular weight is 395 g/mol. The number of hydrogen-bond donors (Lipinski definition) is 1. The van der Waals surface area contributed by atoms with Gasteiger partial charge < -0.3 is 9.52 Å². The van der Waals surface area contributed by atoms with Crippen LogP contribution in [0.3, 0.4) is 0 Å². The SMILES string of the molecule is C#C[C@]1(O)CCC2C3CC[C@H]4Cc5oc(C(=O)CC)cc5C[C@]4(C)C3CC[C@@]21C. The first-order valence-corrected chi connectivity index (χ1v) is 11.6. The van der Waals surface area contributed by atoms with Crippen molar-refractivity contribution in [1.82, 2.24) is 0 Å². The summed E-state index contributed by atoms with van der Waals surface area (Å²) < 4.78 is 6.01. The van der Waals surface area contributed by atoms with Crippen molar-refractivity contribution in [1.29, 1.82) is 0 Å². The Morgan fingerprint density at radius 3 is 2.72 bits per heavy atom. The number of Topliss-reactive ketones (excluding diaryl/α,β-unsaturated/α-hetero) is 1. The van der Waals surface area contributed by atoms with Gasteiger partial charge in [0.2, 0.25) is 0 Å². The molecule has 156 valence electrons. The lowest BCUT2D eigenvalue weighted by atomic mass is 9.44. The number of carbonyl (C=O) groups is 1. The standard InChI is InChI=1S/C26H34O3/c1-5-21(27)23-13-16-15-24(3)17(14-22(16)29-23)7-8-18-19(24)9-11-25(4)20(18)10-12-26(25,28)6-2/h2,13,17-20,28H,5,7-12,14-15H2,1,3-4H3/t17-,18?,19?,20?,24-,25-,26-/m0/s1. The first-order chi connectivity index (χ1) is 13.8. The molecule has 3 saturated carbocycles. The van der Waals surface area contributed by atoms with E-state index < -0.39 is 5.60 Å². The molecule has 4 aliphatic carbocycles. The second kappa shape index (κ2) is 6.24. The maximum absolute atomic E-state index is 12.2. The smallest absolute Gasteiger partial charge is 0.197 e. The summed E-state index contributed by atoms with van der Waals surface area (Å²) in [5.74, 6) is 7.00. The van der Waals surface area contributed by atoms with Gasteiger partial charge in [-0.15, -0.1) is 6.42 Å². The van der Waals surface area contributed by atoms with Gasteiger partial charge in [0.25, 0.3) is 0 Å². The van der Waals surface area contributed by atoms with Gasteiger partial charge in [-0.1, -0.05) is 26.7 Å². The van der Waals surface area contributed by atoms with Crippen LogP contribution in [-0.4, -0.2) is 16.5 Å². The minimum Gasteiger partial charge on any atom is -0.458 e. The molecule has 0 radical (unpaired) electrons. The van der Waals surface area contributed by atoms with Crippen LogP contribution in [0.1, 0.15) is 87.6 Å².